The molecule has 1 aromatic carbocycles. The van der Waals surface area contributed by atoms with Crippen LogP contribution in [0, 0.1) is 0 Å². The zero-order valence-electron chi connectivity index (χ0n) is 11.3. The van der Waals surface area contributed by atoms with Crippen LogP contribution in [-0.2, 0) is 5.41 Å². The zero-order valence-corrected chi connectivity index (χ0v) is 12.9. The van der Waals surface area contributed by atoms with Gasteiger partial charge in [-0.1, -0.05) is 41.9 Å². The van der Waals surface area contributed by atoms with Gasteiger partial charge in [0.2, 0.25) is 0 Å². The van der Waals surface area contributed by atoms with Gasteiger partial charge in [-0.05, 0) is 37.1 Å². The highest BCUT2D eigenvalue weighted by Gasteiger charge is 2.22. The smallest absolute Gasteiger partial charge is 0.0193 e. The van der Waals surface area contributed by atoms with Crippen molar-refractivity contribution >= 4 is 15.9 Å². The summed E-state index contributed by atoms with van der Waals surface area (Å²) < 4.78 is 1.14. The van der Waals surface area contributed by atoms with Gasteiger partial charge in [0.05, 0.1) is 0 Å². The van der Waals surface area contributed by atoms with E-state index in [9.17, 15) is 0 Å². The molecular weight excluding hydrogens is 288 g/mol. The van der Waals surface area contributed by atoms with Crippen LogP contribution in [-0.4, -0.2) is 25.7 Å². The lowest BCUT2D eigenvalue weighted by molar-refractivity contribution is 0.354. The lowest BCUT2D eigenvalue weighted by atomic mass is 9.84. The predicted octanol–water partition coefficient (Wildman–Crippen LogP) is 3.07. The van der Waals surface area contributed by atoms with Crippen molar-refractivity contribution in [3.63, 3.8) is 0 Å². The van der Waals surface area contributed by atoms with Gasteiger partial charge in [0, 0.05) is 29.0 Å². The molecule has 18 heavy (non-hydrogen) atoms. The van der Waals surface area contributed by atoms with E-state index in [1.165, 1.54) is 24.9 Å². The van der Waals surface area contributed by atoms with Gasteiger partial charge in [-0.15, -0.1) is 0 Å². The first-order chi connectivity index (χ1) is 8.58. The second-order valence-electron chi connectivity index (χ2n) is 5.81. The van der Waals surface area contributed by atoms with Crippen LogP contribution in [0.2, 0.25) is 0 Å². The standard InChI is InChI=1S/C15H23BrN2/c1-15(2,12-5-7-13(16)8-6-12)11-18-14-4-3-9-17-10-14/h5-8,14,17-18H,3-4,9-11H2,1-2H3. The van der Waals surface area contributed by atoms with Crippen molar-refractivity contribution in [2.24, 2.45) is 0 Å². The van der Waals surface area contributed by atoms with Gasteiger partial charge >= 0.3 is 0 Å². The Labute approximate surface area is 119 Å². The largest absolute Gasteiger partial charge is 0.315 e. The van der Waals surface area contributed by atoms with E-state index < -0.39 is 0 Å². The van der Waals surface area contributed by atoms with Crippen molar-refractivity contribution in [2.45, 2.75) is 38.1 Å². The summed E-state index contributed by atoms with van der Waals surface area (Å²) in [4.78, 5) is 0. The Morgan fingerprint density at radius 3 is 2.67 bits per heavy atom. The van der Waals surface area contributed by atoms with Crippen LogP contribution in [0.3, 0.4) is 0 Å². The number of halogens is 1. The molecule has 0 aliphatic carbocycles. The summed E-state index contributed by atoms with van der Waals surface area (Å²) in [5.74, 6) is 0. The third-order valence-corrected chi connectivity index (χ3v) is 4.28. The van der Waals surface area contributed by atoms with Crippen molar-refractivity contribution < 1.29 is 0 Å². The quantitative estimate of drug-likeness (QED) is 0.893. The van der Waals surface area contributed by atoms with Gasteiger partial charge < -0.3 is 10.6 Å². The number of hydrogen-bond donors (Lipinski definition) is 2. The van der Waals surface area contributed by atoms with E-state index in [1.807, 2.05) is 0 Å². The Bertz CT molecular complexity index is 367. The van der Waals surface area contributed by atoms with E-state index in [2.05, 4.69) is 64.7 Å². The van der Waals surface area contributed by atoms with E-state index in [0.29, 0.717) is 6.04 Å². The number of hydrogen-bond acceptors (Lipinski definition) is 2. The van der Waals surface area contributed by atoms with E-state index in [0.717, 1.165) is 17.6 Å². The molecule has 1 aliphatic rings. The Morgan fingerprint density at radius 2 is 2.06 bits per heavy atom. The number of rotatable bonds is 4. The summed E-state index contributed by atoms with van der Waals surface area (Å²) in [5, 5.41) is 7.15. The molecule has 1 atom stereocenters. The summed E-state index contributed by atoms with van der Waals surface area (Å²) >= 11 is 3.49. The van der Waals surface area contributed by atoms with Crippen LogP contribution < -0.4 is 10.6 Å². The molecule has 0 bridgehead atoms. The molecule has 0 saturated carbocycles. The molecule has 2 rings (SSSR count). The number of benzene rings is 1. The topological polar surface area (TPSA) is 24.1 Å². The molecule has 3 heteroatoms. The average molecular weight is 311 g/mol. The minimum absolute atomic E-state index is 0.179. The van der Waals surface area contributed by atoms with E-state index in [4.69, 9.17) is 0 Å². The molecular formula is C15H23BrN2. The highest BCUT2D eigenvalue weighted by molar-refractivity contribution is 9.10. The van der Waals surface area contributed by atoms with Crippen molar-refractivity contribution in [2.75, 3.05) is 19.6 Å². The Morgan fingerprint density at radius 1 is 1.33 bits per heavy atom. The SMILES string of the molecule is CC(C)(CNC1CCCNC1)c1ccc(Br)cc1. The highest BCUT2D eigenvalue weighted by Crippen LogP contribution is 2.24. The fraction of sp³-hybridized carbons (Fsp3) is 0.600. The van der Waals surface area contributed by atoms with E-state index in [-0.39, 0.29) is 5.41 Å². The third kappa shape index (κ3) is 3.81. The van der Waals surface area contributed by atoms with Crippen LogP contribution in [0.1, 0.15) is 32.3 Å². The molecule has 100 valence electrons. The fourth-order valence-electron chi connectivity index (χ4n) is 2.43. The second kappa shape index (κ2) is 6.18. The summed E-state index contributed by atoms with van der Waals surface area (Å²) in [6.07, 6.45) is 2.58. The van der Waals surface area contributed by atoms with E-state index in [1.54, 1.807) is 0 Å². The van der Waals surface area contributed by atoms with Crippen LogP contribution >= 0.6 is 15.9 Å². The molecule has 0 spiro atoms. The minimum Gasteiger partial charge on any atom is -0.315 e. The lowest BCUT2D eigenvalue weighted by Gasteiger charge is -2.31. The van der Waals surface area contributed by atoms with Crippen molar-refractivity contribution in [3.8, 4) is 0 Å². The molecule has 0 aromatic heterocycles. The fourth-order valence-corrected chi connectivity index (χ4v) is 2.69. The molecule has 0 radical (unpaired) electrons. The summed E-state index contributed by atoms with van der Waals surface area (Å²) in [7, 11) is 0. The van der Waals surface area contributed by atoms with Gasteiger partial charge in [-0.3, -0.25) is 0 Å². The first-order valence-corrected chi connectivity index (χ1v) is 7.57. The van der Waals surface area contributed by atoms with Crippen LogP contribution in [0.25, 0.3) is 0 Å². The van der Waals surface area contributed by atoms with Gasteiger partial charge in [-0.25, -0.2) is 0 Å². The third-order valence-electron chi connectivity index (χ3n) is 3.76. The lowest BCUT2D eigenvalue weighted by Crippen LogP contribution is -2.47. The normalized spacial score (nSPS) is 20.9. The Balaban J connectivity index is 1.91. The predicted molar refractivity (Wildman–Crippen MR) is 81.1 cm³/mol. The summed E-state index contributed by atoms with van der Waals surface area (Å²) in [6, 6.07) is 9.31. The van der Waals surface area contributed by atoms with E-state index >= 15 is 0 Å². The molecule has 1 unspecified atom stereocenters. The summed E-state index contributed by atoms with van der Waals surface area (Å²) in [6.45, 7) is 7.92. The average Bonchev–Trinajstić information content (AvgIpc) is 2.38. The van der Waals surface area contributed by atoms with Gasteiger partial charge in [0.1, 0.15) is 0 Å². The Hall–Kier alpha value is -0.380. The second-order valence-corrected chi connectivity index (χ2v) is 6.73. The first-order valence-electron chi connectivity index (χ1n) is 6.78. The maximum absolute atomic E-state index is 3.70. The molecule has 1 fully saturated rings. The van der Waals surface area contributed by atoms with Crippen LogP contribution in [0.5, 0.6) is 0 Å². The van der Waals surface area contributed by atoms with Gasteiger partial charge in [0.25, 0.3) is 0 Å². The molecule has 1 heterocycles. The number of nitrogens with one attached hydrogen (secondary N) is 2. The van der Waals surface area contributed by atoms with Gasteiger partial charge in [-0.2, -0.15) is 0 Å². The van der Waals surface area contributed by atoms with Crippen molar-refractivity contribution in [1.82, 2.24) is 10.6 Å². The maximum atomic E-state index is 3.70. The maximum Gasteiger partial charge on any atom is 0.0193 e. The molecule has 2 N–H and O–H groups in total. The number of piperidine rings is 1. The molecule has 1 saturated heterocycles. The minimum atomic E-state index is 0.179. The van der Waals surface area contributed by atoms with Crippen LogP contribution in [0.4, 0.5) is 0 Å². The first kappa shape index (κ1) is 14.0. The molecule has 1 aliphatic heterocycles. The molecule has 0 amide bonds. The molecule has 1 aromatic rings. The van der Waals surface area contributed by atoms with Gasteiger partial charge in [0.15, 0.2) is 0 Å². The highest BCUT2D eigenvalue weighted by atomic mass is 79.9. The summed E-state index contributed by atoms with van der Waals surface area (Å²) in [5.41, 5.74) is 1.57. The monoisotopic (exact) mass is 310 g/mol. The molecule has 2 nitrogen and oxygen atoms in total. The van der Waals surface area contributed by atoms with Crippen molar-refractivity contribution in [3.05, 3.63) is 34.3 Å². The van der Waals surface area contributed by atoms with Crippen LogP contribution in [0.15, 0.2) is 28.7 Å². The Kier molecular flexibility index (Phi) is 4.82. The zero-order chi connectivity index (χ0) is 13.0. The van der Waals surface area contributed by atoms with Crippen molar-refractivity contribution in [1.29, 1.82) is 0 Å².